The molecule has 0 spiro atoms. The van der Waals surface area contributed by atoms with Gasteiger partial charge in [-0.05, 0) is 37.2 Å². The van der Waals surface area contributed by atoms with Gasteiger partial charge in [0, 0.05) is 24.8 Å². The SMILES string of the molecule is CC/C=C\Cn1cc(CNC)cc1-c1ccccc1F. The van der Waals surface area contributed by atoms with Crippen LogP contribution in [0.15, 0.2) is 48.7 Å². The number of rotatable bonds is 6. The summed E-state index contributed by atoms with van der Waals surface area (Å²) in [5, 5.41) is 3.13. The Morgan fingerprint density at radius 1 is 1.25 bits per heavy atom. The van der Waals surface area contributed by atoms with Crippen molar-refractivity contribution in [1.29, 1.82) is 0 Å². The van der Waals surface area contributed by atoms with Crippen LogP contribution in [0.3, 0.4) is 0 Å². The van der Waals surface area contributed by atoms with Crippen LogP contribution in [0.25, 0.3) is 11.3 Å². The molecule has 0 saturated heterocycles. The number of hydrogen-bond acceptors (Lipinski definition) is 1. The molecular weight excluding hydrogens is 251 g/mol. The topological polar surface area (TPSA) is 17.0 Å². The molecule has 2 nitrogen and oxygen atoms in total. The van der Waals surface area contributed by atoms with E-state index >= 15 is 0 Å². The average molecular weight is 272 g/mol. The van der Waals surface area contributed by atoms with E-state index in [0.717, 1.165) is 30.8 Å². The average Bonchev–Trinajstić information content (AvgIpc) is 2.83. The molecular formula is C17H21FN2. The highest BCUT2D eigenvalue weighted by molar-refractivity contribution is 5.62. The van der Waals surface area contributed by atoms with Crippen LogP contribution < -0.4 is 5.32 Å². The van der Waals surface area contributed by atoms with Crippen molar-refractivity contribution < 1.29 is 4.39 Å². The smallest absolute Gasteiger partial charge is 0.132 e. The van der Waals surface area contributed by atoms with Crippen LogP contribution in [0.2, 0.25) is 0 Å². The van der Waals surface area contributed by atoms with Crippen LogP contribution in [0, 0.1) is 5.82 Å². The molecule has 0 aliphatic carbocycles. The lowest BCUT2D eigenvalue weighted by Gasteiger charge is -2.07. The molecule has 0 fully saturated rings. The first kappa shape index (κ1) is 14.5. The lowest BCUT2D eigenvalue weighted by Crippen LogP contribution is -2.03. The number of nitrogens with zero attached hydrogens (tertiary/aromatic N) is 1. The third-order valence-electron chi connectivity index (χ3n) is 3.19. The van der Waals surface area contributed by atoms with Gasteiger partial charge in [0.25, 0.3) is 0 Å². The second-order valence-electron chi connectivity index (χ2n) is 4.78. The zero-order valence-electron chi connectivity index (χ0n) is 12.1. The van der Waals surface area contributed by atoms with Crippen molar-refractivity contribution in [3.8, 4) is 11.3 Å². The zero-order valence-corrected chi connectivity index (χ0v) is 12.1. The monoisotopic (exact) mass is 272 g/mol. The summed E-state index contributed by atoms with van der Waals surface area (Å²) in [5.41, 5.74) is 2.74. The molecule has 0 atom stereocenters. The van der Waals surface area contributed by atoms with E-state index < -0.39 is 0 Å². The summed E-state index contributed by atoms with van der Waals surface area (Å²) in [5.74, 6) is -0.178. The van der Waals surface area contributed by atoms with Crippen molar-refractivity contribution in [2.24, 2.45) is 0 Å². The van der Waals surface area contributed by atoms with E-state index in [9.17, 15) is 4.39 Å². The van der Waals surface area contributed by atoms with Gasteiger partial charge >= 0.3 is 0 Å². The first-order chi connectivity index (χ1) is 9.76. The Bertz CT molecular complexity index is 584. The highest BCUT2D eigenvalue weighted by Crippen LogP contribution is 2.25. The Balaban J connectivity index is 2.39. The summed E-state index contributed by atoms with van der Waals surface area (Å²) in [6, 6.07) is 8.97. The molecule has 0 aliphatic rings. The van der Waals surface area contributed by atoms with Gasteiger partial charge in [-0.1, -0.05) is 31.2 Å². The fraction of sp³-hybridized carbons (Fsp3) is 0.294. The van der Waals surface area contributed by atoms with E-state index in [2.05, 4.69) is 41.2 Å². The third-order valence-corrected chi connectivity index (χ3v) is 3.19. The Hall–Kier alpha value is -1.87. The minimum Gasteiger partial charge on any atom is -0.343 e. The van der Waals surface area contributed by atoms with Crippen molar-refractivity contribution in [2.75, 3.05) is 7.05 Å². The Morgan fingerprint density at radius 2 is 2.05 bits per heavy atom. The minimum atomic E-state index is -0.178. The molecule has 0 aliphatic heterocycles. The van der Waals surface area contributed by atoms with E-state index in [1.165, 1.54) is 6.07 Å². The third kappa shape index (κ3) is 3.36. The molecule has 2 rings (SSSR count). The Morgan fingerprint density at radius 3 is 2.75 bits per heavy atom. The number of allylic oxidation sites excluding steroid dienone is 2. The van der Waals surface area contributed by atoms with Crippen molar-refractivity contribution >= 4 is 0 Å². The number of nitrogens with one attached hydrogen (secondary N) is 1. The molecule has 2 aromatic rings. The maximum Gasteiger partial charge on any atom is 0.132 e. The van der Waals surface area contributed by atoms with Crippen LogP contribution in [-0.2, 0) is 13.1 Å². The van der Waals surface area contributed by atoms with Crippen LogP contribution in [0.1, 0.15) is 18.9 Å². The molecule has 1 heterocycles. The Kier molecular flexibility index (Phi) is 5.13. The fourth-order valence-electron chi connectivity index (χ4n) is 2.27. The van der Waals surface area contributed by atoms with Crippen molar-refractivity contribution in [1.82, 2.24) is 9.88 Å². The number of halogens is 1. The highest BCUT2D eigenvalue weighted by atomic mass is 19.1. The number of aromatic nitrogens is 1. The number of benzene rings is 1. The van der Waals surface area contributed by atoms with E-state index in [0.29, 0.717) is 5.56 Å². The van der Waals surface area contributed by atoms with E-state index in [1.54, 1.807) is 6.07 Å². The van der Waals surface area contributed by atoms with Gasteiger partial charge in [0.2, 0.25) is 0 Å². The van der Waals surface area contributed by atoms with Gasteiger partial charge in [0.05, 0.1) is 5.69 Å². The van der Waals surface area contributed by atoms with Gasteiger partial charge in [-0.3, -0.25) is 0 Å². The lowest BCUT2D eigenvalue weighted by atomic mass is 10.1. The van der Waals surface area contributed by atoms with Gasteiger partial charge in [-0.15, -0.1) is 0 Å². The number of hydrogen-bond donors (Lipinski definition) is 1. The molecule has 0 radical (unpaired) electrons. The summed E-state index contributed by atoms with van der Waals surface area (Å²) in [6.07, 6.45) is 7.34. The maximum absolute atomic E-state index is 14.0. The van der Waals surface area contributed by atoms with Gasteiger partial charge < -0.3 is 9.88 Å². The zero-order chi connectivity index (χ0) is 14.4. The molecule has 1 N–H and O–H groups in total. The summed E-state index contributed by atoms with van der Waals surface area (Å²) < 4.78 is 16.1. The second kappa shape index (κ2) is 7.06. The molecule has 1 aromatic carbocycles. The predicted octanol–water partition coefficient (Wildman–Crippen LogP) is 3.98. The first-order valence-corrected chi connectivity index (χ1v) is 6.99. The fourth-order valence-corrected chi connectivity index (χ4v) is 2.27. The summed E-state index contributed by atoms with van der Waals surface area (Å²) in [4.78, 5) is 0. The summed E-state index contributed by atoms with van der Waals surface area (Å²) in [7, 11) is 1.91. The van der Waals surface area contributed by atoms with Crippen molar-refractivity contribution in [2.45, 2.75) is 26.4 Å². The van der Waals surface area contributed by atoms with E-state index in [4.69, 9.17) is 0 Å². The molecule has 20 heavy (non-hydrogen) atoms. The molecule has 1 aromatic heterocycles. The van der Waals surface area contributed by atoms with Gasteiger partial charge in [-0.2, -0.15) is 0 Å². The Labute approximate surface area is 119 Å². The standard InChI is InChI=1S/C17H21FN2/c1-3-4-7-10-20-13-14(12-19-2)11-17(20)15-8-5-6-9-16(15)18/h4-9,11,13,19H,3,10,12H2,1-2H3/b7-4-. The maximum atomic E-state index is 14.0. The summed E-state index contributed by atoms with van der Waals surface area (Å²) in [6.45, 7) is 3.66. The predicted molar refractivity (Wildman–Crippen MR) is 82.0 cm³/mol. The first-order valence-electron chi connectivity index (χ1n) is 6.99. The molecule has 106 valence electrons. The quantitative estimate of drug-likeness (QED) is 0.787. The molecule has 3 heteroatoms. The van der Waals surface area contributed by atoms with Gasteiger partial charge in [0.15, 0.2) is 0 Å². The van der Waals surface area contributed by atoms with Crippen molar-refractivity contribution in [3.05, 3.63) is 60.1 Å². The molecule has 0 bridgehead atoms. The van der Waals surface area contributed by atoms with Crippen LogP contribution >= 0.6 is 0 Å². The van der Waals surface area contributed by atoms with Gasteiger partial charge in [0.1, 0.15) is 5.82 Å². The van der Waals surface area contributed by atoms with Crippen LogP contribution in [0.5, 0.6) is 0 Å². The summed E-state index contributed by atoms with van der Waals surface area (Å²) >= 11 is 0. The van der Waals surface area contributed by atoms with Crippen LogP contribution in [0.4, 0.5) is 4.39 Å². The molecule has 0 unspecified atom stereocenters. The molecule has 0 amide bonds. The van der Waals surface area contributed by atoms with Crippen LogP contribution in [-0.4, -0.2) is 11.6 Å². The highest BCUT2D eigenvalue weighted by Gasteiger charge is 2.10. The van der Waals surface area contributed by atoms with E-state index in [1.807, 2.05) is 19.2 Å². The van der Waals surface area contributed by atoms with E-state index in [-0.39, 0.29) is 5.82 Å². The van der Waals surface area contributed by atoms with Crippen molar-refractivity contribution in [3.63, 3.8) is 0 Å². The molecule has 0 saturated carbocycles. The minimum absolute atomic E-state index is 0.178. The normalized spacial score (nSPS) is 11.3. The van der Waals surface area contributed by atoms with Gasteiger partial charge in [-0.25, -0.2) is 4.39 Å². The largest absolute Gasteiger partial charge is 0.343 e. The second-order valence-corrected chi connectivity index (χ2v) is 4.78. The lowest BCUT2D eigenvalue weighted by molar-refractivity contribution is 0.629.